The molecule has 1 nitrogen and oxygen atoms in total. The molecule has 2 N–H and O–H groups in total. The van der Waals surface area contributed by atoms with Gasteiger partial charge in [-0.3, -0.25) is 0 Å². The van der Waals surface area contributed by atoms with Gasteiger partial charge < -0.3 is 5.73 Å². The van der Waals surface area contributed by atoms with Crippen molar-refractivity contribution in [1.29, 1.82) is 0 Å². The minimum absolute atomic E-state index is 0.817. The maximum Gasteiger partial charge on any atom is 0.0314 e. The molecule has 3 aromatic rings. The minimum Gasteiger partial charge on any atom is -0.399 e. The second kappa shape index (κ2) is 4.53. The number of nitrogens with two attached hydrogens (primary N) is 1. The van der Waals surface area contributed by atoms with Crippen molar-refractivity contribution in [2.45, 2.75) is 6.42 Å². The molecule has 0 unspecified atom stereocenters. The van der Waals surface area contributed by atoms with E-state index in [1.807, 2.05) is 12.1 Å². The van der Waals surface area contributed by atoms with E-state index in [0.717, 1.165) is 12.1 Å². The van der Waals surface area contributed by atoms with Gasteiger partial charge in [0, 0.05) is 5.69 Å². The molecular formula is C17H15N. The SMILES string of the molecule is Nc1ccc(Cc2ccc3ccccc3c2)cc1. The number of rotatable bonds is 2. The van der Waals surface area contributed by atoms with Crippen molar-refractivity contribution in [3.05, 3.63) is 77.9 Å². The first-order valence-corrected chi connectivity index (χ1v) is 6.13. The zero-order valence-electron chi connectivity index (χ0n) is 10.1. The fourth-order valence-corrected chi connectivity index (χ4v) is 2.22. The summed E-state index contributed by atoms with van der Waals surface area (Å²) in [7, 11) is 0. The predicted molar refractivity (Wildman–Crippen MR) is 77.6 cm³/mol. The summed E-state index contributed by atoms with van der Waals surface area (Å²) < 4.78 is 0. The van der Waals surface area contributed by atoms with Gasteiger partial charge in [0.2, 0.25) is 0 Å². The number of anilines is 1. The van der Waals surface area contributed by atoms with Gasteiger partial charge in [0.15, 0.2) is 0 Å². The minimum atomic E-state index is 0.817. The standard InChI is InChI=1S/C17H15N/c18-17-9-6-13(7-10-17)11-14-5-8-15-3-1-2-4-16(15)12-14/h1-10,12H,11,18H2. The van der Waals surface area contributed by atoms with E-state index >= 15 is 0 Å². The summed E-state index contributed by atoms with van der Waals surface area (Å²) in [5.41, 5.74) is 9.13. The number of nitrogen functional groups attached to an aromatic ring is 1. The van der Waals surface area contributed by atoms with Gasteiger partial charge in [-0.25, -0.2) is 0 Å². The highest BCUT2D eigenvalue weighted by molar-refractivity contribution is 5.83. The summed E-state index contributed by atoms with van der Waals surface area (Å²) in [5, 5.41) is 2.59. The van der Waals surface area contributed by atoms with Crippen molar-refractivity contribution in [2.75, 3.05) is 5.73 Å². The molecular weight excluding hydrogens is 218 g/mol. The van der Waals surface area contributed by atoms with E-state index in [0.29, 0.717) is 0 Å². The summed E-state index contributed by atoms with van der Waals surface area (Å²) in [6, 6.07) is 23.2. The zero-order chi connectivity index (χ0) is 12.4. The quantitative estimate of drug-likeness (QED) is 0.665. The van der Waals surface area contributed by atoms with Crippen LogP contribution in [0.5, 0.6) is 0 Å². The fraction of sp³-hybridized carbons (Fsp3) is 0.0588. The smallest absolute Gasteiger partial charge is 0.0314 e. The van der Waals surface area contributed by atoms with Crippen LogP contribution >= 0.6 is 0 Å². The number of benzene rings is 3. The Balaban J connectivity index is 1.92. The lowest BCUT2D eigenvalue weighted by molar-refractivity contribution is 1.20. The molecule has 0 saturated carbocycles. The first kappa shape index (κ1) is 10.8. The van der Waals surface area contributed by atoms with Crippen LogP contribution in [0.25, 0.3) is 10.8 Å². The Bertz CT molecular complexity index is 669. The van der Waals surface area contributed by atoms with Crippen LogP contribution in [-0.4, -0.2) is 0 Å². The Morgan fingerprint density at radius 2 is 1.33 bits per heavy atom. The van der Waals surface area contributed by atoms with Crippen molar-refractivity contribution in [3.8, 4) is 0 Å². The van der Waals surface area contributed by atoms with E-state index in [1.165, 1.54) is 21.9 Å². The summed E-state index contributed by atoms with van der Waals surface area (Å²) in [6.07, 6.45) is 0.950. The summed E-state index contributed by atoms with van der Waals surface area (Å²) >= 11 is 0. The molecule has 0 bridgehead atoms. The van der Waals surface area contributed by atoms with E-state index in [1.54, 1.807) is 0 Å². The van der Waals surface area contributed by atoms with Gasteiger partial charge in [0.1, 0.15) is 0 Å². The Labute approximate surface area is 107 Å². The molecule has 0 aliphatic rings. The Morgan fingerprint density at radius 3 is 2.11 bits per heavy atom. The van der Waals surface area contributed by atoms with Crippen LogP contribution in [0.3, 0.4) is 0 Å². The third-order valence-electron chi connectivity index (χ3n) is 3.20. The van der Waals surface area contributed by atoms with Crippen LogP contribution < -0.4 is 5.73 Å². The maximum absolute atomic E-state index is 5.69. The van der Waals surface area contributed by atoms with E-state index < -0.39 is 0 Å². The molecule has 0 aromatic heterocycles. The average Bonchev–Trinajstić information content (AvgIpc) is 2.41. The van der Waals surface area contributed by atoms with E-state index in [9.17, 15) is 0 Å². The largest absolute Gasteiger partial charge is 0.399 e. The molecule has 0 spiro atoms. The molecule has 0 atom stereocenters. The van der Waals surface area contributed by atoms with Crippen LogP contribution in [-0.2, 0) is 6.42 Å². The van der Waals surface area contributed by atoms with E-state index in [-0.39, 0.29) is 0 Å². The molecule has 0 aliphatic heterocycles. The predicted octanol–water partition coefficient (Wildman–Crippen LogP) is 4.01. The second-order valence-electron chi connectivity index (χ2n) is 4.60. The second-order valence-corrected chi connectivity index (χ2v) is 4.60. The molecule has 3 rings (SSSR count). The van der Waals surface area contributed by atoms with Crippen LogP contribution in [0.15, 0.2) is 66.7 Å². The van der Waals surface area contributed by atoms with Gasteiger partial charge >= 0.3 is 0 Å². The molecule has 0 fully saturated rings. The molecule has 0 radical (unpaired) electrons. The third-order valence-corrected chi connectivity index (χ3v) is 3.20. The Kier molecular flexibility index (Phi) is 2.73. The zero-order valence-corrected chi connectivity index (χ0v) is 10.1. The van der Waals surface area contributed by atoms with Crippen LogP contribution in [0.2, 0.25) is 0 Å². The number of hydrogen-bond donors (Lipinski definition) is 1. The van der Waals surface area contributed by atoms with Gasteiger partial charge in [-0.15, -0.1) is 0 Å². The average molecular weight is 233 g/mol. The molecule has 0 amide bonds. The highest BCUT2D eigenvalue weighted by Gasteiger charge is 1.98. The molecule has 0 saturated heterocycles. The van der Waals surface area contributed by atoms with Crippen molar-refractivity contribution in [3.63, 3.8) is 0 Å². The first-order chi connectivity index (χ1) is 8.81. The van der Waals surface area contributed by atoms with E-state index in [2.05, 4.69) is 54.6 Å². The third kappa shape index (κ3) is 2.21. The lowest BCUT2D eigenvalue weighted by Gasteiger charge is -2.04. The van der Waals surface area contributed by atoms with Crippen molar-refractivity contribution in [2.24, 2.45) is 0 Å². The van der Waals surface area contributed by atoms with Crippen molar-refractivity contribution < 1.29 is 0 Å². The van der Waals surface area contributed by atoms with Gasteiger partial charge in [-0.1, -0.05) is 54.6 Å². The monoisotopic (exact) mass is 233 g/mol. The van der Waals surface area contributed by atoms with Crippen LogP contribution in [0.1, 0.15) is 11.1 Å². The molecule has 3 aromatic carbocycles. The molecule has 1 heteroatoms. The maximum atomic E-state index is 5.69. The number of hydrogen-bond acceptors (Lipinski definition) is 1. The number of fused-ring (bicyclic) bond motifs is 1. The van der Waals surface area contributed by atoms with Crippen LogP contribution in [0.4, 0.5) is 5.69 Å². The highest BCUT2D eigenvalue weighted by Crippen LogP contribution is 2.18. The van der Waals surface area contributed by atoms with Gasteiger partial charge in [-0.2, -0.15) is 0 Å². The van der Waals surface area contributed by atoms with Crippen molar-refractivity contribution >= 4 is 16.5 Å². The highest BCUT2D eigenvalue weighted by atomic mass is 14.5. The van der Waals surface area contributed by atoms with Crippen LogP contribution in [0, 0.1) is 0 Å². The Hall–Kier alpha value is -2.28. The normalized spacial score (nSPS) is 10.7. The van der Waals surface area contributed by atoms with Crippen molar-refractivity contribution in [1.82, 2.24) is 0 Å². The van der Waals surface area contributed by atoms with E-state index in [4.69, 9.17) is 5.73 Å². The topological polar surface area (TPSA) is 26.0 Å². The lowest BCUT2D eigenvalue weighted by Crippen LogP contribution is -1.90. The summed E-state index contributed by atoms with van der Waals surface area (Å²) in [5.74, 6) is 0. The van der Waals surface area contributed by atoms with Gasteiger partial charge in [-0.05, 0) is 40.5 Å². The molecule has 18 heavy (non-hydrogen) atoms. The summed E-state index contributed by atoms with van der Waals surface area (Å²) in [6.45, 7) is 0. The Morgan fingerprint density at radius 1 is 0.667 bits per heavy atom. The molecule has 0 heterocycles. The molecule has 88 valence electrons. The fourth-order valence-electron chi connectivity index (χ4n) is 2.22. The molecule has 0 aliphatic carbocycles. The van der Waals surface area contributed by atoms with Gasteiger partial charge in [0.05, 0.1) is 0 Å². The summed E-state index contributed by atoms with van der Waals surface area (Å²) in [4.78, 5) is 0. The lowest BCUT2D eigenvalue weighted by atomic mass is 10.0. The first-order valence-electron chi connectivity index (χ1n) is 6.13. The van der Waals surface area contributed by atoms with Gasteiger partial charge in [0.25, 0.3) is 0 Å².